The Kier molecular flexibility index (Phi) is 6.60. The number of methoxy groups -OCH3 is 2. The average Bonchev–Trinajstić information content (AvgIpc) is 3.08. The molecule has 1 aliphatic carbocycles. The summed E-state index contributed by atoms with van der Waals surface area (Å²) >= 11 is 0. The van der Waals surface area contributed by atoms with E-state index in [4.69, 9.17) is 14.2 Å². The van der Waals surface area contributed by atoms with Crippen LogP contribution in [0.3, 0.4) is 0 Å². The van der Waals surface area contributed by atoms with Crippen LogP contribution in [0, 0.1) is 5.92 Å². The third kappa shape index (κ3) is 4.68. The normalized spacial score (nSPS) is 27.4. The predicted molar refractivity (Wildman–Crippen MR) is 101 cm³/mol. The number of nitrogens with zero attached hydrogens (tertiary/aromatic N) is 1. The molecule has 0 aromatic heterocycles. The Hall–Kier alpha value is -1.26. The van der Waals surface area contributed by atoms with Gasteiger partial charge in [-0.3, -0.25) is 4.90 Å². The van der Waals surface area contributed by atoms with Gasteiger partial charge in [0.15, 0.2) is 11.5 Å². The summed E-state index contributed by atoms with van der Waals surface area (Å²) in [5.41, 5.74) is 1.24. The third-order valence-electron chi connectivity index (χ3n) is 5.76. The van der Waals surface area contributed by atoms with Crippen molar-refractivity contribution < 1.29 is 14.2 Å². The van der Waals surface area contributed by atoms with Gasteiger partial charge in [-0.2, -0.15) is 0 Å². The van der Waals surface area contributed by atoms with Crippen molar-refractivity contribution in [3.05, 3.63) is 23.8 Å². The maximum atomic E-state index is 6.36. The van der Waals surface area contributed by atoms with Crippen LogP contribution in [-0.2, 0) is 11.2 Å². The van der Waals surface area contributed by atoms with Crippen LogP contribution in [0.4, 0.5) is 0 Å². The number of hydrogen-bond donors (Lipinski definition) is 0. The minimum Gasteiger partial charge on any atom is -0.493 e. The molecule has 1 saturated heterocycles. The zero-order valence-corrected chi connectivity index (χ0v) is 16.0. The second-order valence-corrected chi connectivity index (χ2v) is 7.59. The average molecular weight is 347 g/mol. The van der Waals surface area contributed by atoms with E-state index < -0.39 is 0 Å². The van der Waals surface area contributed by atoms with Crippen LogP contribution in [-0.4, -0.2) is 51.0 Å². The highest BCUT2D eigenvalue weighted by Crippen LogP contribution is 2.30. The van der Waals surface area contributed by atoms with E-state index in [-0.39, 0.29) is 0 Å². The van der Waals surface area contributed by atoms with Gasteiger partial charge in [0.25, 0.3) is 0 Å². The van der Waals surface area contributed by atoms with Crippen molar-refractivity contribution in [3.63, 3.8) is 0 Å². The van der Waals surface area contributed by atoms with E-state index in [9.17, 15) is 0 Å². The lowest BCUT2D eigenvalue weighted by atomic mass is 9.91. The number of benzene rings is 1. The molecule has 1 heterocycles. The lowest BCUT2D eigenvalue weighted by Gasteiger charge is -2.38. The Balaban J connectivity index is 1.53. The van der Waals surface area contributed by atoms with E-state index in [1.54, 1.807) is 14.2 Å². The third-order valence-corrected chi connectivity index (χ3v) is 5.76. The Morgan fingerprint density at radius 3 is 2.56 bits per heavy atom. The standard InChI is InChI=1S/C21H33NO3/c1-16-10-12-22(15-16)18-6-4-5-7-19(18)25-13-11-17-8-9-20(23-2)21(14-17)24-3/h8-9,14,16,18-19H,4-7,10-13,15H2,1-3H3/t16-,18-,19-/m0/s1. The summed E-state index contributed by atoms with van der Waals surface area (Å²) < 4.78 is 17.1. The van der Waals surface area contributed by atoms with E-state index in [0.717, 1.165) is 30.4 Å². The van der Waals surface area contributed by atoms with Gasteiger partial charge in [0, 0.05) is 12.6 Å². The van der Waals surface area contributed by atoms with Crippen LogP contribution in [0.1, 0.15) is 44.6 Å². The maximum absolute atomic E-state index is 6.36. The fourth-order valence-electron chi connectivity index (χ4n) is 4.32. The molecule has 140 valence electrons. The first-order chi connectivity index (χ1) is 12.2. The lowest BCUT2D eigenvalue weighted by molar-refractivity contribution is -0.0298. The first-order valence-corrected chi connectivity index (χ1v) is 9.78. The molecule has 1 aliphatic heterocycles. The second kappa shape index (κ2) is 8.91. The van der Waals surface area contributed by atoms with Gasteiger partial charge in [0.2, 0.25) is 0 Å². The zero-order valence-electron chi connectivity index (χ0n) is 16.0. The maximum Gasteiger partial charge on any atom is 0.160 e. The number of likely N-dealkylation sites (tertiary alicyclic amines) is 1. The van der Waals surface area contributed by atoms with E-state index >= 15 is 0 Å². The van der Waals surface area contributed by atoms with Crippen molar-refractivity contribution in [2.45, 2.75) is 57.6 Å². The minimum absolute atomic E-state index is 0.402. The summed E-state index contributed by atoms with van der Waals surface area (Å²) in [5, 5.41) is 0. The molecule has 1 saturated carbocycles. The molecule has 0 bridgehead atoms. The van der Waals surface area contributed by atoms with Gasteiger partial charge in [-0.1, -0.05) is 25.8 Å². The molecule has 2 fully saturated rings. The van der Waals surface area contributed by atoms with Crippen LogP contribution in [0.25, 0.3) is 0 Å². The molecule has 0 N–H and O–H groups in total. The SMILES string of the molecule is COc1ccc(CCO[C@H]2CCCC[C@@H]2N2CC[C@H](C)C2)cc1OC. The number of rotatable bonds is 7. The molecular weight excluding hydrogens is 314 g/mol. The summed E-state index contributed by atoms with van der Waals surface area (Å²) in [4.78, 5) is 2.69. The fraction of sp³-hybridized carbons (Fsp3) is 0.714. The Morgan fingerprint density at radius 1 is 1.04 bits per heavy atom. The second-order valence-electron chi connectivity index (χ2n) is 7.59. The van der Waals surface area contributed by atoms with Gasteiger partial charge in [-0.25, -0.2) is 0 Å². The minimum atomic E-state index is 0.402. The number of hydrogen-bond acceptors (Lipinski definition) is 4. The summed E-state index contributed by atoms with van der Waals surface area (Å²) in [6.07, 6.45) is 7.83. The highest BCUT2D eigenvalue weighted by Gasteiger charge is 2.33. The van der Waals surface area contributed by atoms with E-state index in [0.29, 0.717) is 12.1 Å². The molecular formula is C21H33NO3. The van der Waals surface area contributed by atoms with Crippen LogP contribution < -0.4 is 9.47 Å². The van der Waals surface area contributed by atoms with Crippen molar-refractivity contribution in [2.75, 3.05) is 33.9 Å². The first-order valence-electron chi connectivity index (χ1n) is 9.78. The van der Waals surface area contributed by atoms with E-state index in [2.05, 4.69) is 24.0 Å². The fourth-order valence-corrected chi connectivity index (χ4v) is 4.32. The molecule has 1 aromatic carbocycles. The van der Waals surface area contributed by atoms with Crippen LogP contribution >= 0.6 is 0 Å². The van der Waals surface area contributed by atoms with Gasteiger partial charge < -0.3 is 14.2 Å². The van der Waals surface area contributed by atoms with Gasteiger partial charge in [-0.15, -0.1) is 0 Å². The summed E-state index contributed by atoms with van der Waals surface area (Å²) in [5.74, 6) is 2.42. The Bertz CT molecular complexity index is 548. The van der Waals surface area contributed by atoms with Crippen molar-refractivity contribution >= 4 is 0 Å². The van der Waals surface area contributed by atoms with Gasteiger partial charge in [0.1, 0.15) is 0 Å². The summed E-state index contributed by atoms with van der Waals surface area (Å²) in [7, 11) is 3.35. The molecule has 0 unspecified atom stereocenters. The van der Waals surface area contributed by atoms with E-state index in [1.807, 2.05) is 6.07 Å². The molecule has 0 radical (unpaired) electrons. The quantitative estimate of drug-likeness (QED) is 0.748. The molecule has 1 aromatic rings. The zero-order chi connectivity index (χ0) is 17.6. The first kappa shape index (κ1) is 18.5. The highest BCUT2D eigenvalue weighted by molar-refractivity contribution is 5.42. The van der Waals surface area contributed by atoms with Crippen molar-refractivity contribution in [1.82, 2.24) is 4.90 Å². The lowest BCUT2D eigenvalue weighted by Crippen LogP contribution is -2.45. The molecule has 3 atom stereocenters. The van der Waals surface area contributed by atoms with Crippen LogP contribution in [0.5, 0.6) is 11.5 Å². The van der Waals surface area contributed by atoms with Crippen LogP contribution in [0.2, 0.25) is 0 Å². The topological polar surface area (TPSA) is 30.9 Å². The molecule has 3 rings (SSSR count). The molecule has 0 amide bonds. The largest absolute Gasteiger partial charge is 0.493 e. The molecule has 4 heteroatoms. The highest BCUT2D eigenvalue weighted by atomic mass is 16.5. The summed E-state index contributed by atoms with van der Waals surface area (Å²) in [6.45, 7) is 5.65. The monoisotopic (exact) mass is 347 g/mol. The molecule has 25 heavy (non-hydrogen) atoms. The smallest absolute Gasteiger partial charge is 0.160 e. The molecule has 4 nitrogen and oxygen atoms in total. The van der Waals surface area contributed by atoms with Gasteiger partial charge >= 0.3 is 0 Å². The molecule has 2 aliphatic rings. The van der Waals surface area contributed by atoms with Gasteiger partial charge in [0.05, 0.1) is 26.9 Å². The number of ether oxygens (including phenoxy) is 3. The Labute approximate surface area is 152 Å². The van der Waals surface area contributed by atoms with Crippen LogP contribution in [0.15, 0.2) is 18.2 Å². The summed E-state index contributed by atoms with van der Waals surface area (Å²) in [6, 6.07) is 6.76. The van der Waals surface area contributed by atoms with Crippen molar-refractivity contribution in [1.29, 1.82) is 0 Å². The predicted octanol–water partition coefficient (Wildman–Crippen LogP) is 3.92. The van der Waals surface area contributed by atoms with Crippen molar-refractivity contribution in [3.8, 4) is 11.5 Å². The Morgan fingerprint density at radius 2 is 1.84 bits per heavy atom. The van der Waals surface area contributed by atoms with Crippen molar-refractivity contribution in [2.24, 2.45) is 5.92 Å². The van der Waals surface area contributed by atoms with E-state index in [1.165, 1.54) is 50.8 Å². The molecule has 0 spiro atoms. The van der Waals surface area contributed by atoms with Gasteiger partial charge in [-0.05, 0) is 55.8 Å².